The Morgan fingerprint density at radius 1 is 1.19 bits per heavy atom. The Morgan fingerprint density at radius 3 is 2.86 bits per heavy atom. The highest BCUT2D eigenvalue weighted by atomic mass is 16.5. The third kappa shape index (κ3) is 2.57. The van der Waals surface area contributed by atoms with Crippen molar-refractivity contribution in [3.63, 3.8) is 0 Å². The number of carbonyl (C=O) groups is 1. The summed E-state index contributed by atoms with van der Waals surface area (Å²) in [4.78, 5) is 12.8. The van der Waals surface area contributed by atoms with E-state index in [4.69, 9.17) is 9.47 Å². The van der Waals surface area contributed by atoms with E-state index in [1.54, 1.807) is 12.1 Å². The predicted molar refractivity (Wildman–Crippen MR) is 81.5 cm³/mol. The molecule has 3 rings (SSSR count). The molecule has 0 saturated carbocycles. The highest BCUT2D eigenvalue weighted by Crippen LogP contribution is 2.34. The first-order chi connectivity index (χ1) is 10.3. The van der Waals surface area contributed by atoms with Crippen LogP contribution in [0.1, 0.15) is 22.8 Å². The van der Waals surface area contributed by atoms with Crippen molar-refractivity contribution in [2.45, 2.75) is 6.92 Å². The Labute approximate surface area is 123 Å². The lowest BCUT2D eigenvalue weighted by Crippen LogP contribution is -2.20. The third-order valence-electron chi connectivity index (χ3n) is 3.36. The first kappa shape index (κ1) is 13.5. The smallest absolute Gasteiger partial charge is 0.200 e. The second kappa shape index (κ2) is 5.87. The Hall–Kier alpha value is -2.49. The van der Waals surface area contributed by atoms with Gasteiger partial charge in [0.05, 0.1) is 23.4 Å². The van der Waals surface area contributed by atoms with Crippen LogP contribution in [0.2, 0.25) is 0 Å². The molecule has 4 heteroatoms. The third-order valence-corrected chi connectivity index (χ3v) is 3.36. The standard InChI is InChI=1S/C17H17NO3/c1-2-20-15-9-4-3-6-12(15)16(19)13-7-5-8-14-17(13)21-11-10-18-14/h3-9,18H,2,10-11H2,1H3. The number of fused-ring (bicyclic) bond motifs is 1. The van der Waals surface area contributed by atoms with Crippen LogP contribution in [-0.4, -0.2) is 25.5 Å². The molecule has 0 saturated heterocycles. The summed E-state index contributed by atoms with van der Waals surface area (Å²) in [5.41, 5.74) is 1.98. The van der Waals surface area contributed by atoms with Crippen molar-refractivity contribution < 1.29 is 14.3 Å². The van der Waals surface area contributed by atoms with E-state index in [0.717, 1.165) is 12.2 Å². The van der Waals surface area contributed by atoms with E-state index in [-0.39, 0.29) is 5.78 Å². The monoisotopic (exact) mass is 283 g/mol. The summed E-state index contributed by atoms with van der Waals surface area (Å²) >= 11 is 0. The molecular weight excluding hydrogens is 266 g/mol. The molecule has 2 aromatic carbocycles. The number of ether oxygens (including phenoxy) is 2. The molecule has 0 aromatic heterocycles. The number of anilines is 1. The Balaban J connectivity index is 2.03. The number of hydrogen-bond donors (Lipinski definition) is 1. The lowest BCUT2D eigenvalue weighted by atomic mass is 10.0. The molecule has 1 aliphatic rings. The minimum absolute atomic E-state index is 0.0837. The van der Waals surface area contributed by atoms with E-state index >= 15 is 0 Å². The molecule has 1 heterocycles. The summed E-state index contributed by atoms with van der Waals surface area (Å²) in [5, 5.41) is 3.24. The fourth-order valence-electron chi connectivity index (χ4n) is 2.43. The highest BCUT2D eigenvalue weighted by molar-refractivity contribution is 6.13. The van der Waals surface area contributed by atoms with Gasteiger partial charge in [-0.15, -0.1) is 0 Å². The van der Waals surface area contributed by atoms with E-state index in [1.165, 1.54) is 0 Å². The van der Waals surface area contributed by atoms with Gasteiger partial charge in [0, 0.05) is 6.54 Å². The molecule has 0 atom stereocenters. The van der Waals surface area contributed by atoms with Crippen LogP contribution in [0.15, 0.2) is 42.5 Å². The van der Waals surface area contributed by atoms with Crippen LogP contribution in [-0.2, 0) is 0 Å². The maximum absolute atomic E-state index is 12.8. The van der Waals surface area contributed by atoms with Gasteiger partial charge in [0.1, 0.15) is 12.4 Å². The molecule has 0 aliphatic carbocycles. The van der Waals surface area contributed by atoms with Gasteiger partial charge in [0.2, 0.25) is 5.78 Å². The molecule has 21 heavy (non-hydrogen) atoms. The van der Waals surface area contributed by atoms with Crippen molar-refractivity contribution in [3.8, 4) is 11.5 Å². The van der Waals surface area contributed by atoms with Gasteiger partial charge in [-0.25, -0.2) is 0 Å². The van der Waals surface area contributed by atoms with Crippen LogP contribution in [0, 0.1) is 0 Å². The fraction of sp³-hybridized carbons (Fsp3) is 0.235. The molecule has 0 unspecified atom stereocenters. The second-order valence-electron chi connectivity index (χ2n) is 4.72. The Morgan fingerprint density at radius 2 is 2.00 bits per heavy atom. The molecule has 2 aromatic rings. The molecule has 0 spiro atoms. The van der Waals surface area contributed by atoms with Crippen LogP contribution in [0.4, 0.5) is 5.69 Å². The molecular formula is C17H17NO3. The quantitative estimate of drug-likeness (QED) is 0.876. The summed E-state index contributed by atoms with van der Waals surface area (Å²) < 4.78 is 11.2. The van der Waals surface area contributed by atoms with E-state index in [0.29, 0.717) is 35.8 Å². The molecule has 0 bridgehead atoms. The SMILES string of the molecule is CCOc1ccccc1C(=O)c1cccc2c1OCCN2. The highest BCUT2D eigenvalue weighted by Gasteiger charge is 2.22. The molecule has 0 fully saturated rings. The van der Waals surface area contributed by atoms with Gasteiger partial charge in [0.25, 0.3) is 0 Å². The van der Waals surface area contributed by atoms with E-state index in [2.05, 4.69) is 5.32 Å². The van der Waals surface area contributed by atoms with Crippen molar-refractivity contribution in [2.24, 2.45) is 0 Å². The minimum Gasteiger partial charge on any atom is -0.493 e. The molecule has 108 valence electrons. The first-order valence-electron chi connectivity index (χ1n) is 7.07. The Bertz CT molecular complexity index is 667. The van der Waals surface area contributed by atoms with Gasteiger partial charge < -0.3 is 14.8 Å². The average Bonchev–Trinajstić information content (AvgIpc) is 2.54. The zero-order chi connectivity index (χ0) is 14.7. The maximum atomic E-state index is 12.8. The van der Waals surface area contributed by atoms with Crippen LogP contribution >= 0.6 is 0 Å². The number of ketones is 1. The molecule has 4 nitrogen and oxygen atoms in total. The summed E-state index contributed by atoms with van der Waals surface area (Å²) in [6.07, 6.45) is 0. The van der Waals surface area contributed by atoms with Gasteiger partial charge >= 0.3 is 0 Å². The second-order valence-corrected chi connectivity index (χ2v) is 4.72. The zero-order valence-corrected chi connectivity index (χ0v) is 11.9. The minimum atomic E-state index is -0.0837. The number of rotatable bonds is 4. The van der Waals surface area contributed by atoms with Gasteiger partial charge in [-0.3, -0.25) is 4.79 Å². The van der Waals surface area contributed by atoms with Crippen LogP contribution in [0.3, 0.4) is 0 Å². The summed E-state index contributed by atoms with van der Waals surface area (Å²) in [6, 6.07) is 12.9. The number of para-hydroxylation sites is 2. The predicted octanol–water partition coefficient (Wildman–Crippen LogP) is 3.12. The van der Waals surface area contributed by atoms with Gasteiger partial charge in [-0.1, -0.05) is 18.2 Å². The van der Waals surface area contributed by atoms with Crippen molar-refractivity contribution in [2.75, 3.05) is 25.1 Å². The molecule has 0 radical (unpaired) electrons. The first-order valence-corrected chi connectivity index (χ1v) is 7.07. The van der Waals surface area contributed by atoms with E-state index < -0.39 is 0 Å². The lowest BCUT2D eigenvalue weighted by molar-refractivity contribution is 0.103. The van der Waals surface area contributed by atoms with Crippen LogP contribution in [0.25, 0.3) is 0 Å². The lowest BCUT2D eigenvalue weighted by Gasteiger charge is -2.21. The summed E-state index contributed by atoms with van der Waals surface area (Å²) in [7, 11) is 0. The van der Waals surface area contributed by atoms with Crippen molar-refractivity contribution in [1.82, 2.24) is 0 Å². The zero-order valence-electron chi connectivity index (χ0n) is 11.9. The van der Waals surface area contributed by atoms with Crippen molar-refractivity contribution in [1.29, 1.82) is 0 Å². The number of nitrogens with one attached hydrogen (secondary N) is 1. The Kier molecular flexibility index (Phi) is 3.77. The van der Waals surface area contributed by atoms with E-state index in [1.807, 2.05) is 37.3 Å². The fourth-order valence-corrected chi connectivity index (χ4v) is 2.43. The topological polar surface area (TPSA) is 47.6 Å². The van der Waals surface area contributed by atoms with Crippen LogP contribution in [0.5, 0.6) is 11.5 Å². The maximum Gasteiger partial charge on any atom is 0.200 e. The van der Waals surface area contributed by atoms with Crippen molar-refractivity contribution in [3.05, 3.63) is 53.6 Å². The number of benzene rings is 2. The molecule has 1 aliphatic heterocycles. The molecule has 1 N–H and O–H groups in total. The van der Waals surface area contributed by atoms with E-state index in [9.17, 15) is 4.79 Å². The van der Waals surface area contributed by atoms with Crippen molar-refractivity contribution >= 4 is 11.5 Å². The number of hydrogen-bond acceptors (Lipinski definition) is 4. The molecule has 0 amide bonds. The van der Waals surface area contributed by atoms with Crippen LogP contribution < -0.4 is 14.8 Å². The normalized spacial score (nSPS) is 12.8. The van der Waals surface area contributed by atoms with Gasteiger partial charge in [0.15, 0.2) is 5.75 Å². The average molecular weight is 283 g/mol. The number of carbonyl (C=O) groups excluding carboxylic acids is 1. The summed E-state index contributed by atoms with van der Waals surface area (Å²) in [5.74, 6) is 1.14. The summed E-state index contributed by atoms with van der Waals surface area (Å²) in [6.45, 7) is 3.73. The van der Waals surface area contributed by atoms with Gasteiger partial charge in [-0.2, -0.15) is 0 Å². The van der Waals surface area contributed by atoms with Gasteiger partial charge in [-0.05, 0) is 31.2 Å². The largest absolute Gasteiger partial charge is 0.493 e.